The molecule has 1 aliphatic heterocycles. The molecule has 0 radical (unpaired) electrons. The first-order valence-corrected chi connectivity index (χ1v) is 6.23. The SMILES string of the molecule is CNCC1CCCN(CCn2cccn2)C1. The lowest BCUT2D eigenvalue weighted by atomic mass is 9.98. The van der Waals surface area contributed by atoms with Crippen LogP contribution in [0.3, 0.4) is 0 Å². The third-order valence-electron chi connectivity index (χ3n) is 3.30. The van der Waals surface area contributed by atoms with Crippen LogP contribution in [-0.2, 0) is 6.54 Å². The molecular formula is C12H22N4. The maximum Gasteiger partial charge on any atom is 0.0536 e. The Labute approximate surface area is 97.6 Å². The molecule has 1 saturated heterocycles. The normalized spacial score (nSPS) is 22.4. The van der Waals surface area contributed by atoms with E-state index in [9.17, 15) is 0 Å². The number of rotatable bonds is 5. The Kier molecular flexibility index (Phi) is 4.36. The molecule has 0 aromatic carbocycles. The van der Waals surface area contributed by atoms with Crippen molar-refractivity contribution >= 4 is 0 Å². The lowest BCUT2D eigenvalue weighted by molar-refractivity contribution is 0.167. The van der Waals surface area contributed by atoms with E-state index in [1.807, 2.05) is 30.2 Å². The summed E-state index contributed by atoms with van der Waals surface area (Å²) in [5.74, 6) is 0.830. The summed E-state index contributed by atoms with van der Waals surface area (Å²) in [6.07, 6.45) is 6.60. The minimum absolute atomic E-state index is 0.830. The number of hydrogen-bond donors (Lipinski definition) is 1. The summed E-state index contributed by atoms with van der Waals surface area (Å²) < 4.78 is 2.02. The second kappa shape index (κ2) is 6.01. The molecule has 1 unspecified atom stereocenters. The highest BCUT2D eigenvalue weighted by Crippen LogP contribution is 2.15. The third-order valence-corrected chi connectivity index (χ3v) is 3.30. The van der Waals surface area contributed by atoms with Crippen LogP contribution in [0.4, 0.5) is 0 Å². The second-order valence-electron chi connectivity index (χ2n) is 4.64. The van der Waals surface area contributed by atoms with Gasteiger partial charge in [-0.15, -0.1) is 0 Å². The maximum atomic E-state index is 4.23. The molecule has 1 aromatic rings. The van der Waals surface area contributed by atoms with Gasteiger partial charge in [0.2, 0.25) is 0 Å². The standard InChI is InChI=1S/C12H22N4/c1-13-10-12-4-2-6-15(11-12)8-9-16-7-3-5-14-16/h3,5,7,12-13H,2,4,6,8-11H2,1H3. The number of aromatic nitrogens is 2. The number of piperidine rings is 1. The van der Waals surface area contributed by atoms with Gasteiger partial charge in [0.1, 0.15) is 0 Å². The van der Waals surface area contributed by atoms with Crippen molar-refractivity contribution in [3.05, 3.63) is 18.5 Å². The molecule has 0 saturated carbocycles. The smallest absolute Gasteiger partial charge is 0.0536 e. The summed E-state index contributed by atoms with van der Waals surface area (Å²) in [6.45, 7) is 5.78. The van der Waals surface area contributed by atoms with Gasteiger partial charge < -0.3 is 10.2 Å². The molecule has 0 spiro atoms. The quantitative estimate of drug-likeness (QED) is 0.800. The zero-order valence-corrected chi connectivity index (χ0v) is 10.1. The third kappa shape index (κ3) is 3.32. The highest BCUT2D eigenvalue weighted by Gasteiger charge is 2.18. The number of likely N-dealkylation sites (tertiary alicyclic amines) is 1. The van der Waals surface area contributed by atoms with Crippen molar-refractivity contribution in [1.29, 1.82) is 0 Å². The zero-order chi connectivity index (χ0) is 11.2. The topological polar surface area (TPSA) is 33.1 Å². The van der Waals surface area contributed by atoms with E-state index in [1.165, 1.54) is 25.9 Å². The fourth-order valence-corrected chi connectivity index (χ4v) is 2.49. The van der Waals surface area contributed by atoms with E-state index in [4.69, 9.17) is 0 Å². The lowest BCUT2D eigenvalue weighted by Gasteiger charge is -2.32. The first kappa shape index (κ1) is 11.6. The summed E-state index contributed by atoms with van der Waals surface area (Å²) in [6, 6.07) is 1.99. The van der Waals surface area contributed by atoms with Gasteiger partial charge in [-0.1, -0.05) is 0 Å². The van der Waals surface area contributed by atoms with E-state index in [2.05, 4.69) is 15.3 Å². The molecule has 2 heterocycles. The average Bonchev–Trinajstić information content (AvgIpc) is 2.80. The molecule has 1 N–H and O–H groups in total. The number of nitrogens with zero attached hydrogens (tertiary/aromatic N) is 3. The van der Waals surface area contributed by atoms with Gasteiger partial charge in [-0.3, -0.25) is 4.68 Å². The summed E-state index contributed by atoms with van der Waals surface area (Å²) in [7, 11) is 2.04. The molecule has 1 atom stereocenters. The predicted molar refractivity (Wildman–Crippen MR) is 65.3 cm³/mol. The van der Waals surface area contributed by atoms with E-state index in [1.54, 1.807) is 0 Å². The van der Waals surface area contributed by atoms with Gasteiger partial charge in [0.25, 0.3) is 0 Å². The van der Waals surface area contributed by atoms with Crippen molar-refractivity contribution in [2.24, 2.45) is 5.92 Å². The molecule has 0 aliphatic carbocycles. The summed E-state index contributed by atoms with van der Waals surface area (Å²) >= 11 is 0. The van der Waals surface area contributed by atoms with Crippen LogP contribution in [-0.4, -0.2) is 47.9 Å². The molecule has 2 rings (SSSR count). The van der Waals surface area contributed by atoms with Crippen LogP contribution in [0.15, 0.2) is 18.5 Å². The summed E-state index contributed by atoms with van der Waals surface area (Å²) in [4.78, 5) is 2.56. The molecule has 4 heteroatoms. The van der Waals surface area contributed by atoms with Crippen LogP contribution < -0.4 is 5.32 Å². The van der Waals surface area contributed by atoms with Gasteiger partial charge in [-0.25, -0.2) is 0 Å². The minimum Gasteiger partial charge on any atom is -0.319 e. The van der Waals surface area contributed by atoms with Crippen LogP contribution in [0.1, 0.15) is 12.8 Å². The number of nitrogens with one attached hydrogen (secondary N) is 1. The van der Waals surface area contributed by atoms with Crippen molar-refractivity contribution in [3.8, 4) is 0 Å². The van der Waals surface area contributed by atoms with Crippen LogP contribution in [0.5, 0.6) is 0 Å². The lowest BCUT2D eigenvalue weighted by Crippen LogP contribution is -2.40. The highest BCUT2D eigenvalue weighted by atomic mass is 15.3. The Morgan fingerprint density at radius 3 is 3.12 bits per heavy atom. The van der Waals surface area contributed by atoms with E-state index >= 15 is 0 Å². The molecule has 4 nitrogen and oxygen atoms in total. The first-order valence-electron chi connectivity index (χ1n) is 6.23. The van der Waals surface area contributed by atoms with Crippen LogP contribution in [0, 0.1) is 5.92 Å². The van der Waals surface area contributed by atoms with E-state index in [0.717, 1.165) is 25.6 Å². The van der Waals surface area contributed by atoms with Gasteiger partial charge in [-0.05, 0) is 45.0 Å². The Morgan fingerprint density at radius 2 is 2.38 bits per heavy atom. The van der Waals surface area contributed by atoms with Crippen molar-refractivity contribution in [2.75, 3.05) is 33.2 Å². The predicted octanol–water partition coefficient (Wildman–Crippen LogP) is 0.814. The Morgan fingerprint density at radius 1 is 1.44 bits per heavy atom. The molecule has 16 heavy (non-hydrogen) atoms. The molecule has 1 aliphatic rings. The largest absolute Gasteiger partial charge is 0.319 e. The molecule has 1 fully saturated rings. The second-order valence-corrected chi connectivity index (χ2v) is 4.64. The van der Waals surface area contributed by atoms with Gasteiger partial charge in [0, 0.05) is 25.5 Å². The monoisotopic (exact) mass is 222 g/mol. The minimum atomic E-state index is 0.830. The van der Waals surface area contributed by atoms with Gasteiger partial charge in [0.05, 0.1) is 6.54 Å². The van der Waals surface area contributed by atoms with Crippen molar-refractivity contribution in [3.63, 3.8) is 0 Å². The highest BCUT2D eigenvalue weighted by molar-refractivity contribution is 4.79. The summed E-state index contributed by atoms with van der Waals surface area (Å²) in [5.41, 5.74) is 0. The summed E-state index contributed by atoms with van der Waals surface area (Å²) in [5, 5.41) is 7.52. The first-order chi connectivity index (χ1) is 7.88. The van der Waals surface area contributed by atoms with Crippen molar-refractivity contribution in [1.82, 2.24) is 20.0 Å². The fraction of sp³-hybridized carbons (Fsp3) is 0.750. The molecule has 90 valence electrons. The average molecular weight is 222 g/mol. The molecule has 1 aromatic heterocycles. The van der Waals surface area contributed by atoms with Crippen LogP contribution in [0.2, 0.25) is 0 Å². The van der Waals surface area contributed by atoms with E-state index in [-0.39, 0.29) is 0 Å². The Bertz CT molecular complexity index is 281. The van der Waals surface area contributed by atoms with Gasteiger partial charge in [0.15, 0.2) is 0 Å². The number of hydrogen-bond acceptors (Lipinski definition) is 3. The molecule has 0 amide bonds. The Balaban J connectivity index is 1.72. The van der Waals surface area contributed by atoms with Crippen LogP contribution in [0.25, 0.3) is 0 Å². The van der Waals surface area contributed by atoms with E-state index in [0.29, 0.717) is 0 Å². The van der Waals surface area contributed by atoms with Crippen LogP contribution >= 0.6 is 0 Å². The molecular weight excluding hydrogens is 200 g/mol. The van der Waals surface area contributed by atoms with Crippen molar-refractivity contribution < 1.29 is 0 Å². The molecule has 0 bridgehead atoms. The Hall–Kier alpha value is -0.870. The van der Waals surface area contributed by atoms with E-state index < -0.39 is 0 Å². The maximum absolute atomic E-state index is 4.23. The zero-order valence-electron chi connectivity index (χ0n) is 10.1. The van der Waals surface area contributed by atoms with Gasteiger partial charge in [-0.2, -0.15) is 5.10 Å². The van der Waals surface area contributed by atoms with Gasteiger partial charge >= 0.3 is 0 Å². The van der Waals surface area contributed by atoms with Crippen molar-refractivity contribution in [2.45, 2.75) is 19.4 Å². The fourth-order valence-electron chi connectivity index (χ4n) is 2.49.